The number of carbonyl (C=O) groups excluding carboxylic acids is 1. The van der Waals surface area contributed by atoms with Crippen molar-refractivity contribution in [2.45, 2.75) is 20.1 Å². The van der Waals surface area contributed by atoms with Crippen molar-refractivity contribution in [3.63, 3.8) is 0 Å². The van der Waals surface area contributed by atoms with Crippen molar-refractivity contribution >= 4 is 28.9 Å². The lowest BCUT2D eigenvalue weighted by Crippen LogP contribution is -2.14. The molecular formula is C20H15ClFNO4S. The first kappa shape index (κ1) is 18.9. The quantitative estimate of drug-likeness (QED) is 0.548. The van der Waals surface area contributed by atoms with Crippen LogP contribution in [0.1, 0.15) is 26.5 Å². The predicted octanol–water partition coefficient (Wildman–Crippen LogP) is 5.13. The lowest BCUT2D eigenvalue weighted by Gasteiger charge is -2.21. The highest BCUT2D eigenvalue weighted by molar-refractivity contribution is 7.17. The second kappa shape index (κ2) is 7.87. The number of hydrogen-bond donors (Lipinski definition) is 0. The Hall–Kier alpha value is -2.48. The SMILES string of the molecule is Cc1nc(-c2ccc(F)cc2)sc1C(=O)OCc1cc(Cl)cc2c1OCOC2. The summed E-state index contributed by atoms with van der Waals surface area (Å²) in [6.45, 7) is 2.29. The van der Waals surface area contributed by atoms with E-state index in [-0.39, 0.29) is 19.2 Å². The van der Waals surface area contributed by atoms with Crippen molar-refractivity contribution in [1.29, 1.82) is 0 Å². The summed E-state index contributed by atoms with van der Waals surface area (Å²) in [6.07, 6.45) is 0. The maximum atomic E-state index is 13.1. The highest BCUT2D eigenvalue weighted by Crippen LogP contribution is 2.33. The number of hydrogen-bond acceptors (Lipinski definition) is 6. The van der Waals surface area contributed by atoms with Crippen LogP contribution in [0.4, 0.5) is 4.39 Å². The molecule has 1 aliphatic rings. The number of benzene rings is 2. The maximum Gasteiger partial charge on any atom is 0.350 e. The third-order valence-corrected chi connectivity index (χ3v) is 5.59. The highest BCUT2D eigenvalue weighted by Gasteiger charge is 2.21. The molecule has 0 radical (unpaired) electrons. The summed E-state index contributed by atoms with van der Waals surface area (Å²) >= 11 is 7.34. The van der Waals surface area contributed by atoms with Gasteiger partial charge in [-0.2, -0.15) is 0 Å². The Labute approximate surface area is 169 Å². The van der Waals surface area contributed by atoms with E-state index in [1.807, 2.05) is 0 Å². The van der Waals surface area contributed by atoms with E-state index in [2.05, 4.69) is 4.98 Å². The molecule has 1 aromatic heterocycles. The smallest absolute Gasteiger partial charge is 0.350 e. The molecular weight excluding hydrogens is 405 g/mol. The highest BCUT2D eigenvalue weighted by atomic mass is 35.5. The summed E-state index contributed by atoms with van der Waals surface area (Å²) < 4.78 is 29.4. The molecule has 4 rings (SSSR count). The van der Waals surface area contributed by atoms with Crippen molar-refractivity contribution < 1.29 is 23.4 Å². The van der Waals surface area contributed by atoms with E-state index < -0.39 is 5.97 Å². The Morgan fingerprint density at radius 2 is 2.11 bits per heavy atom. The van der Waals surface area contributed by atoms with Crippen LogP contribution in [0, 0.1) is 12.7 Å². The van der Waals surface area contributed by atoms with Crippen LogP contribution in [-0.4, -0.2) is 17.7 Å². The van der Waals surface area contributed by atoms with E-state index in [9.17, 15) is 9.18 Å². The molecule has 0 amide bonds. The van der Waals surface area contributed by atoms with Crippen LogP contribution < -0.4 is 4.74 Å². The van der Waals surface area contributed by atoms with Crippen LogP contribution in [-0.2, 0) is 22.7 Å². The van der Waals surface area contributed by atoms with Crippen LogP contribution in [0.25, 0.3) is 10.6 Å². The van der Waals surface area contributed by atoms with Crippen LogP contribution in [0.2, 0.25) is 5.02 Å². The van der Waals surface area contributed by atoms with Gasteiger partial charge >= 0.3 is 5.97 Å². The number of esters is 1. The number of fused-ring (bicyclic) bond motifs is 1. The zero-order valence-electron chi connectivity index (χ0n) is 14.8. The number of aromatic nitrogens is 1. The van der Waals surface area contributed by atoms with Gasteiger partial charge in [0.15, 0.2) is 6.79 Å². The van der Waals surface area contributed by atoms with Gasteiger partial charge in [0.25, 0.3) is 0 Å². The minimum absolute atomic E-state index is 0.0188. The molecule has 5 nitrogen and oxygen atoms in total. The molecule has 0 unspecified atom stereocenters. The molecule has 0 spiro atoms. The lowest BCUT2D eigenvalue weighted by molar-refractivity contribution is -0.0180. The van der Waals surface area contributed by atoms with E-state index in [1.165, 1.54) is 23.5 Å². The number of halogens is 2. The second-order valence-corrected chi connectivity index (χ2v) is 7.62. The third-order valence-electron chi connectivity index (χ3n) is 4.18. The summed E-state index contributed by atoms with van der Waals surface area (Å²) in [5, 5.41) is 1.15. The summed E-state index contributed by atoms with van der Waals surface area (Å²) in [4.78, 5) is 17.4. The first-order valence-corrected chi connectivity index (χ1v) is 9.63. The summed E-state index contributed by atoms with van der Waals surface area (Å²) in [7, 11) is 0. The Morgan fingerprint density at radius 3 is 2.89 bits per heavy atom. The Bertz CT molecular complexity index is 1040. The monoisotopic (exact) mass is 419 g/mol. The normalized spacial score (nSPS) is 13.0. The molecule has 0 bridgehead atoms. The molecule has 0 saturated carbocycles. The van der Waals surface area contributed by atoms with Gasteiger partial charge in [0, 0.05) is 21.7 Å². The predicted molar refractivity (Wildman–Crippen MR) is 103 cm³/mol. The topological polar surface area (TPSA) is 57.7 Å². The van der Waals surface area contributed by atoms with Gasteiger partial charge in [0.1, 0.15) is 28.1 Å². The maximum absolute atomic E-state index is 13.1. The first-order valence-electron chi connectivity index (χ1n) is 8.43. The Kier molecular flexibility index (Phi) is 5.30. The van der Waals surface area contributed by atoms with Gasteiger partial charge in [-0.05, 0) is 43.3 Å². The van der Waals surface area contributed by atoms with Gasteiger partial charge in [-0.25, -0.2) is 14.2 Å². The average Bonchev–Trinajstić information content (AvgIpc) is 3.08. The van der Waals surface area contributed by atoms with Gasteiger partial charge in [-0.1, -0.05) is 11.6 Å². The van der Waals surface area contributed by atoms with E-state index in [0.717, 1.165) is 11.1 Å². The van der Waals surface area contributed by atoms with Crippen molar-refractivity contribution in [1.82, 2.24) is 4.98 Å². The summed E-state index contributed by atoms with van der Waals surface area (Å²) in [6, 6.07) is 9.44. The number of thiazole rings is 1. The van der Waals surface area contributed by atoms with Gasteiger partial charge in [0.05, 0.1) is 12.3 Å². The Balaban J connectivity index is 1.52. The van der Waals surface area contributed by atoms with E-state index >= 15 is 0 Å². The molecule has 28 heavy (non-hydrogen) atoms. The largest absolute Gasteiger partial charge is 0.467 e. The zero-order valence-corrected chi connectivity index (χ0v) is 16.4. The number of nitrogens with zero attached hydrogens (tertiary/aromatic N) is 1. The van der Waals surface area contributed by atoms with Crippen LogP contribution in [0.5, 0.6) is 5.75 Å². The van der Waals surface area contributed by atoms with Crippen molar-refractivity contribution in [2.75, 3.05) is 6.79 Å². The molecule has 1 aliphatic heterocycles. The fourth-order valence-corrected chi connectivity index (χ4v) is 4.10. The van der Waals surface area contributed by atoms with Gasteiger partial charge < -0.3 is 14.2 Å². The minimum Gasteiger partial charge on any atom is -0.467 e. The summed E-state index contributed by atoms with van der Waals surface area (Å²) in [5.41, 5.74) is 2.80. The van der Waals surface area contributed by atoms with Crippen LogP contribution in [0.3, 0.4) is 0 Å². The third kappa shape index (κ3) is 3.87. The first-order chi connectivity index (χ1) is 13.5. The van der Waals surface area contributed by atoms with Gasteiger partial charge in [0.2, 0.25) is 0 Å². The molecule has 0 saturated heterocycles. The van der Waals surface area contributed by atoms with E-state index in [1.54, 1.807) is 31.2 Å². The zero-order chi connectivity index (χ0) is 19.7. The van der Waals surface area contributed by atoms with Crippen molar-refractivity contribution in [2.24, 2.45) is 0 Å². The molecule has 3 aromatic rings. The molecule has 2 aromatic carbocycles. The number of ether oxygens (including phenoxy) is 3. The fraction of sp³-hybridized carbons (Fsp3) is 0.200. The van der Waals surface area contributed by atoms with Crippen LogP contribution >= 0.6 is 22.9 Å². The van der Waals surface area contributed by atoms with Crippen molar-refractivity contribution in [3.8, 4) is 16.3 Å². The minimum atomic E-state index is -0.482. The van der Waals surface area contributed by atoms with Crippen molar-refractivity contribution in [3.05, 3.63) is 68.9 Å². The molecule has 0 fully saturated rings. The standard InChI is InChI=1S/C20H15ClFNO4S/c1-11-18(28-19(23-11)12-2-4-16(22)5-3-12)20(24)26-9-14-7-15(21)6-13-8-25-10-27-17(13)14/h2-7H,8-10H2,1H3. The lowest BCUT2D eigenvalue weighted by atomic mass is 10.1. The molecule has 2 heterocycles. The molecule has 8 heteroatoms. The number of aryl methyl sites for hydroxylation is 1. The molecule has 144 valence electrons. The number of carbonyl (C=O) groups is 1. The van der Waals surface area contributed by atoms with E-state index in [0.29, 0.717) is 38.5 Å². The second-order valence-electron chi connectivity index (χ2n) is 6.18. The van der Waals surface area contributed by atoms with Gasteiger partial charge in [-0.15, -0.1) is 11.3 Å². The number of rotatable bonds is 4. The molecule has 0 N–H and O–H groups in total. The fourth-order valence-electron chi connectivity index (χ4n) is 2.87. The van der Waals surface area contributed by atoms with E-state index in [4.69, 9.17) is 25.8 Å². The van der Waals surface area contributed by atoms with Gasteiger partial charge in [-0.3, -0.25) is 0 Å². The van der Waals surface area contributed by atoms with Crippen LogP contribution in [0.15, 0.2) is 36.4 Å². The summed E-state index contributed by atoms with van der Waals surface area (Å²) in [5.74, 6) is -0.172. The average molecular weight is 420 g/mol. The molecule has 0 atom stereocenters. The molecule has 0 aliphatic carbocycles. The Morgan fingerprint density at radius 1 is 1.32 bits per heavy atom.